The van der Waals surface area contributed by atoms with Gasteiger partial charge < -0.3 is 29.4 Å². The molecule has 140 valence electrons. The molecule has 0 aliphatic carbocycles. The van der Waals surface area contributed by atoms with Gasteiger partial charge in [0.2, 0.25) is 0 Å². The molecule has 0 atom stereocenters. The number of rotatable bonds is 10. The van der Waals surface area contributed by atoms with Gasteiger partial charge in [-0.25, -0.2) is 0 Å². The largest absolute Gasteiger partial charge is 0.325 e. The van der Waals surface area contributed by atoms with Gasteiger partial charge in [0.15, 0.2) is 0 Å². The molecule has 6 nitrogen and oxygen atoms in total. The van der Waals surface area contributed by atoms with E-state index in [2.05, 4.69) is 37.5 Å². The second-order valence-electron chi connectivity index (χ2n) is 5.21. The molecule has 0 saturated carbocycles. The Labute approximate surface area is 169 Å². The second kappa shape index (κ2) is 20.6. The molecule has 6 N–H and O–H groups in total. The Morgan fingerprint density at radius 2 is 0.913 bits per heavy atom. The van der Waals surface area contributed by atoms with Gasteiger partial charge in [0.05, 0.1) is 0 Å². The Balaban J connectivity index is -0.000000329. The predicted molar refractivity (Wildman–Crippen MR) is 106 cm³/mol. The molecular formula is C12H32CaO6P2S2. The average Bonchev–Trinajstić information content (AvgIpc) is 2.33. The summed E-state index contributed by atoms with van der Waals surface area (Å²) >= 11 is 7.18. The zero-order valence-electron chi connectivity index (χ0n) is 14.2. The normalized spacial score (nSPS) is 10.8. The van der Waals surface area contributed by atoms with Crippen molar-refractivity contribution in [2.24, 2.45) is 0 Å². The standard InChI is InChI=1S/C8H17.C4H9.Ca.2H3O3PS/c1-3-5-7-8-6-4-2;1-3-4-2;;2*1-4(2,3)5/h1,3-8H2,2H3;1,3-4H2,2H3;;2*(H3,1,2,3,5). The summed E-state index contributed by atoms with van der Waals surface area (Å²) in [5.74, 6) is 0. The van der Waals surface area contributed by atoms with Crippen molar-refractivity contribution in [1.82, 2.24) is 0 Å². The summed E-state index contributed by atoms with van der Waals surface area (Å²) in [5, 5.41) is 0. The molecule has 0 saturated heterocycles. The first-order valence-electron chi connectivity index (χ1n) is 7.98. The molecule has 0 aromatic rings. The van der Waals surface area contributed by atoms with Crippen molar-refractivity contribution in [3.8, 4) is 0 Å². The molecule has 0 fully saturated rings. The Bertz CT molecular complexity index is 278. The van der Waals surface area contributed by atoms with Crippen molar-refractivity contribution in [2.75, 3.05) is 0 Å². The van der Waals surface area contributed by atoms with E-state index in [1.54, 1.807) is 11.5 Å². The molecule has 0 amide bonds. The molecule has 11 heteroatoms. The van der Waals surface area contributed by atoms with Crippen LogP contribution in [-0.2, 0) is 23.6 Å². The van der Waals surface area contributed by atoms with Crippen LogP contribution in [0.25, 0.3) is 0 Å². The Hall–Kier alpha value is 2.32. The molecule has 23 heavy (non-hydrogen) atoms. The van der Waals surface area contributed by atoms with E-state index >= 15 is 0 Å². The summed E-state index contributed by atoms with van der Waals surface area (Å²) in [6.45, 7) is -3.01. The van der Waals surface area contributed by atoms with E-state index in [1.165, 1.54) is 44.9 Å². The van der Waals surface area contributed by atoms with Gasteiger partial charge in [-0.2, -0.15) is 0 Å². The fourth-order valence-corrected chi connectivity index (χ4v) is 4.73. The Kier molecular flexibility index (Phi) is 27.0. The number of hydrogen-bond acceptors (Lipinski definition) is 2. The molecule has 0 aromatic heterocycles. The minimum Gasteiger partial charge on any atom is -0.325 e. The van der Waals surface area contributed by atoms with Gasteiger partial charge in [0.1, 0.15) is 0 Å². The first kappa shape index (κ1) is 30.1. The van der Waals surface area contributed by atoms with Crippen LogP contribution in [0, 0.1) is 0 Å². The van der Waals surface area contributed by atoms with Crippen LogP contribution in [0.1, 0.15) is 65.2 Å². The van der Waals surface area contributed by atoms with Crippen LogP contribution in [0.4, 0.5) is 0 Å². The fraction of sp³-hybridized carbons (Fsp3) is 1.00. The summed E-state index contributed by atoms with van der Waals surface area (Å²) < 4.78 is 3.32. The summed E-state index contributed by atoms with van der Waals surface area (Å²) in [7, 11) is 0. The van der Waals surface area contributed by atoms with Crippen molar-refractivity contribution in [3.05, 3.63) is 0 Å². The predicted octanol–water partition coefficient (Wildman–Crippen LogP) is 3.06. The fourth-order valence-electron chi connectivity index (χ4n) is 1.74. The molecule has 0 aromatic carbocycles. The van der Waals surface area contributed by atoms with Gasteiger partial charge in [0.25, 0.3) is 0 Å². The molecule has 0 heterocycles. The van der Waals surface area contributed by atoms with Gasteiger partial charge in [-0.05, 0) is 23.6 Å². The quantitative estimate of drug-likeness (QED) is 0.175. The van der Waals surface area contributed by atoms with Crippen LogP contribution in [0.3, 0.4) is 0 Å². The first-order valence-corrected chi connectivity index (χ1v) is 16.4. The maximum atomic E-state index is 7.56. The summed E-state index contributed by atoms with van der Waals surface area (Å²) in [6, 6.07) is 0. The van der Waals surface area contributed by atoms with E-state index in [0.29, 0.717) is 0 Å². The van der Waals surface area contributed by atoms with E-state index in [-0.39, 0.29) is 33.8 Å². The first-order chi connectivity index (χ1) is 10.4. The molecule has 0 unspecified atom stereocenters. The summed E-state index contributed by atoms with van der Waals surface area (Å²) in [5.41, 5.74) is 0. The third-order valence-corrected chi connectivity index (χ3v) is 5.83. The third kappa shape index (κ3) is 79.8. The molecule has 0 aliphatic heterocycles. The minimum absolute atomic E-state index is 0.0287. The van der Waals surface area contributed by atoms with Gasteiger partial charge in [-0.1, -0.05) is 0 Å². The topological polar surface area (TPSA) is 121 Å². The van der Waals surface area contributed by atoms with Crippen LogP contribution >= 0.6 is 13.4 Å². The third-order valence-electron chi connectivity index (χ3n) is 2.71. The van der Waals surface area contributed by atoms with Gasteiger partial charge >= 0.3 is 118 Å². The molecule has 0 rings (SSSR count). The Morgan fingerprint density at radius 1 is 0.609 bits per heavy atom. The zero-order chi connectivity index (χ0) is 18.8. The van der Waals surface area contributed by atoms with E-state index in [9.17, 15) is 0 Å². The minimum atomic E-state index is -3.81. The maximum absolute atomic E-state index is 7.56. The van der Waals surface area contributed by atoms with Crippen molar-refractivity contribution >= 4 is 70.9 Å². The molecule has 0 aliphatic rings. The van der Waals surface area contributed by atoms with Crippen LogP contribution in [0.2, 0.25) is 5.04 Å². The monoisotopic (exact) mass is 438 g/mol. The van der Waals surface area contributed by atoms with E-state index in [0.717, 1.165) is 0 Å². The van der Waals surface area contributed by atoms with E-state index in [1.807, 2.05) is 0 Å². The molecule has 0 radical (unpaired) electrons. The van der Waals surface area contributed by atoms with Crippen LogP contribution in [0.15, 0.2) is 0 Å². The molecular weight excluding hydrogens is 406 g/mol. The number of unbranched alkanes of at least 4 members (excludes halogenated alkanes) is 6. The second-order valence-corrected chi connectivity index (χ2v) is 13.5. The van der Waals surface area contributed by atoms with Gasteiger partial charge in [0, 0.05) is 0 Å². The Morgan fingerprint density at radius 3 is 1.30 bits per heavy atom. The smallest absolute Gasteiger partial charge is 0.319 e. The van der Waals surface area contributed by atoms with E-state index < -0.39 is 13.4 Å². The van der Waals surface area contributed by atoms with Crippen LogP contribution in [-0.4, -0.2) is 63.2 Å². The van der Waals surface area contributed by atoms with Crippen molar-refractivity contribution < 1.29 is 29.4 Å². The molecule has 0 bridgehead atoms. The van der Waals surface area contributed by atoms with Gasteiger partial charge in [-0.3, -0.25) is 0 Å². The number of hydrogen-bond donors (Lipinski definition) is 6. The summed E-state index contributed by atoms with van der Waals surface area (Å²) in [4.78, 5) is 45.3. The molecule has 0 spiro atoms. The van der Waals surface area contributed by atoms with E-state index in [4.69, 9.17) is 29.4 Å². The van der Waals surface area contributed by atoms with Crippen LogP contribution < -0.4 is 0 Å². The van der Waals surface area contributed by atoms with Crippen LogP contribution in [0.5, 0.6) is 0 Å². The average molecular weight is 439 g/mol. The SMILES string of the molecule is CCCCCCC[CH2][Ca][CH2]CCC.OP(O)(O)=S.OP(O)(O)=S. The van der Waals surface area contributed by atoms with Crippen molar-refractivity contribution in [3.63, 3.8) is 0 Å². The zero-order valence-corrected chi connectivity index (χ0v) is 19.8. The van der Waals surface area contributed by atoms with Crippen molar-refractivity contribution in [1.29, 1.82) is 0 Å². The summed E-state index contributed by atoms with van der Waals surface area (Å²) in [6.07, 6.45) is 11.9. The van der Waals surface area contributed by atoms with Crippen molar-refractivity contribution in [2.45, 2.75) is 70.2 Å². The maximum Gasteiger partial charge on any atom is 0.319 e. The van der Waals surface area contributed by atoms with Gasteiger partial charge in [-0.15, -0.1) is 0 Å².